The SMILES string of the molecule is Cc1cc(C)c(S(=O)(=O)Nc2ccc(-c3cn4ccsc4n3)cc2)c(C)c1NS(C)(=O)=O. The lowest BCUT2D eigenvalue weighted by molar-refractivity contribution is 0.599. The minimum atomic E-state index is -3.96. The first-order chi connectivity index (χ1) is 14.9. The van der Waals surface area contributed by atoms with E-state index in [1.807, 2.05) is 22.2 Å². The number of aryl methyl sites for hydroxylation is 2. The summed E-state index contributed by atoms with van der Waals surface area (Å²) in [6, 6.07) is 8.61. The number of hydrogen-bond acceptors (Lipinski definition) is 6. The third-order valence-corrected chi connectivity index (χ3v) is 8.00. The van der Waals surface area contributed by atoms with Crippen molar-refractivity contribution in [3.05, 3.63) is 64.8 Å². The van der Waals surface area contributed by atoms with Crippen LogP contribution in [0, 0.1) is 20.8 Å². The van der Waals surface area contributed by atoms with Gasteiger partial charge in [0.05, 0.1) is 22.5 Å². The molecule has 0 atom stereocenters. The molecule has 4 aromatic rings. The third-order valence-electron chi connectivity index (χ3n) is 4.98. The summed E-state index contributed by atoms with van der Waals surface area (Å²) in [6.45, 7) is 5.01. The van der Waals surface area contributed by atoms with E-state index in [0.29, 0.717) is 22.4 Å². The molecule has 0 saturated carbocycles. The Morgan fingerprint density at radius 3 is 2.28 bits per heavy atom. The normalized spacial score (nSPS) is 12.2. The highest BCUT2D eigenvalue weighted by atomic mass is 32.2. The van der Waals surface area contributed by atoms with Gasteiger partial charge in [0.1, 0.15) is 0 Å². The van der Waals surface area contributed by atoms with Crippen molar-refractivity contribution in [3.63, 3.8) is 0 Å². The number of thiazole rings is 1. The fraction of sp³-hybridized carbons (Fsp3) is 0.190. The van der Waals surface area contributed by atoms with Crippen molar-refractivity contribution in [2.45, 2.75) is 25.7 Å². The minimum Gasteiger partial charge on any atom is -0.297 e. The van der Waals surface area contributed by atoms with Gasteiger partial charge in [-0.25, -0.2) is 21.8 Å². The average Bonchev–Trinajstić information content (AvgIpc) is 3.26. The van der Waals surface area contributed by atoms with Crippen LogP contribution in [-0.2, 0) is 20.0 Å². The number of nitrogens with zero attached hydrogens (tertiary/aromatic N) is 2. The molecule has 4 rings (SSSR count). The average molecular weight is 491 g/mol. The number of nitrogens with one attached hydrogen (secondary N) is 2. The molecule has 0 aliphatic carbocycles. The van der Waals surface area contributed by atoms with Gasteiger partial charge in [-0.15, -0.1) is 11.3 Å². The quantitative estimate of drug-likeness (QED) is 0.422. The number of rotatable bonds is 6. The van der Waals surface area contributed by atoms with Crippen LogP contribution in [0.2, 0.25) is 0 Å². The standard InChI is InChI=1S/C21H22N4O4S3/c1-13-11-14(2)20(15(3)19(13)24-31(4,26)27)32(28,29)23-17-7-5-16(6-8-17)18-12-25-9-10-30-21(25)22-18/h5-12,23-24H,1-4H3. The summed E-state index contributed by atoms with van der Waals surface area (Å²) in [5.41, 5.74) is 3.85. The van der Waals surface area contributed by atoms with Crippen LogP contribution in [0.1, 0.15) is 16.7 Å². The van der Waals surface area contributed by atoms with Gasteiger partial charge in [0.2, 0.25) is 10.0 Å². The number of anilines is 2. The molecule has 2 aromatic heterocycles. The molecular weight excluding hydrogens is 468 g/mol. The van der Waals surface area contributed by atoms with Gasteiger partial charge in [-0.05, 0) is 49.6 Å². The number of imidazole rings is 1. The van der Waals surface area contributed by atoms with E-state index in [4.69, 9.17) is 0 Å². The topological polar surface area (TPSA) is 110 Å². The van der Waals surface area contributed by atoms with E-state index in [9.17, 15) is 16.8 Å². The van der Waals surface area contributed by atoms with Crippen molar-refractivity contribution in [1.82, 2.24) is 9.38 Å². The molecule has 2 heterocycles. The first-order valence-electron chi connectivity index (χ1n) is 9.59. The van der Waals surface area contributed by atoms with Crippen LogP contribution in [0.15, 0.2) is 53.0 Å². The Bertz CT molecular complexity index is 1510. The van der Waals surface area contributed by atoms with Crippen molar-refractivity contribution in [1.29, 1.82) is 0 Å². The molecule has 0 aliphatic heterocycles. The molecule has 168 valence electrons. The van der Waals surface area contributed by atoms with Crippen molar-refractivity contribution in [2.75, 3.05) is 15.7 Å². The maximum atomic E-state index is 13.2. The van der Waals surface area contributed by atoms with Gasteiger partial charge in [0.25, 0.3) is 10.0 Å². The monoisotopic (exact) mass is 490 g/mol. The highest BCUT2D eigenvalue weighted by molar-refractivity contribution is 7.93. The molecule has 2 aromatic carbocycles. The van der Waals surface area contributed by atoms with Crippen LogP contribution in [-0.4, -0.2) is 32.5 Å². The van der Waals surface area contributed by atoms with E-state index in [1.54, 1.807) is 51.1 Å². The van der Waals surface area contributed by atoms with Gasteiger partial charge in [0.15, 0.2) is 4.96 Å². The smallest absolute Gasteiger partial charge is 0.262 e. The van der Waals surface area contributed by atoms with E-state index in [0.717, 1.165) is 22.5 Å². The molecule has 32 heavy (non-hydrogen) atoms. The predicted molar refractivity (Wildman–Crippen MR) is 128 cm³/mol. The van der Waals surface area contributed by atoms with Gasteiger partial charge in [-0.2, -0.15) is 0 Å². The second-order valence-corrected chi connectivity index (χ2v) is 11.9. The van der Waals surface area contributed by atoms with E-state index < -0.39 is 20.0 Å². The highest BCUT2D eigenvalue weighted by Gasteiger charge is 2.24. The molecule has 0 spiro atoms. The molecule has 11 heteroatoms. The van der Waals surface area contributed by atoms with Crippen molar-refractivity contribution in [2.24, 2.45) is 0 Å². The van der Waals surface area contributed by atoms with Gasteiger partial charge < -0.3 is 0 Å². The molecular formula is C21H22N4O4S3. The number of benzene rings is 2. The maximum absolute atomic E-state index is 13.2. The fourth-order valence-electron chi connectivity index (χ4n) is 3.71. The molecule has 0 amide bonds. The molecule has 0 bridgehead atoms. The molecule has 8 nitrogen and oxygen atoms in total. The van der Waals surface area contributed by atoms with Gasteiger partial charge in [-0.1, -0.05) is 18.2 Å². The summed E-state index contributed by atoms with van der Waals surface area (Å²) in [6.07, 6.45) is 4.88. The zero-order chi connectivity index (χ0) is 23.3. The summed E-state index contributed by atoms with van der Waals surface area (Å²) < 4.78 is 56.9. The van der Waals surface area contributed by atoms with Crippen LogP contribution in [0.4, 0.5) is 11.4 Å². The van der Waals surface area contributed by atoms with E-state index in [-0.39, 0.29) is 10.6 Å². The molecule has 0 fully saturated rings. The van der Waals surface area contributed by atoms with Crippen molar-refractivity contribution >= 4 is 47.7 Å². The van der Waals surface area contributed by atoms with E-state index in [1.165, 1.54) is 11.3 Å². The first kappa shape index (κ1) is 22.3. The van der Waals surface area contributed by atoms with Crippen molar-refractivity contribution < 1.29 is 16.8 Å². The lowest BCUT2D eigenvalue weighted by Gasteiger charge is -2.18. The summed E-state index contributed by atoms with van der Waals surface area (Å²) in [7, 11) is -7.53. The zero-order valence-corrected chi connectivity index (χ0v) is 20.3. The van der Waals surface area contributed by atoms with Gasteiger partial charge >= 0.3 is 0 Å². The lowest BCUT2D eigenvalue weighted by Crippen LogP contribution is -2.19. The van der Waals surface area contributed by atoms with Crippen LogP contribution in [0.3, 0.4) is 0 Å². The van der Waals surface area contributed by atoms with Crippen molar-refractivity contribution in [3.8, 4) is 11.3 Å². The summed E-state index contributed by atoms with van der Waals surface area (Å²) in [5, 5.41) is 1.95. The van der Waals surface area contributed by atoms with Crippen LogP contribution >= 0.6 is 11.3 Å². The molecule has 2 N–H and O–H groups in total. The number of fused-ring (bicyclic) bond motifs is 1. The predicted octanol–water partition coefficient (Wildman–Crippen LogP) is 4.16. The van der Waals surface area contributed by atoms with E-state index >= 15 is 0 Å². The fourth-order valence-corrected chi connectivity index (χ4v) is 6.63. The van der Waals surface area contributed by atoms with Crippen LogP contribution < -0.4 is 9.44 Å². The Kier molecular flexibility index (Phi) is 5.51. The van der Waals surface area contributed by atoms with Crippen LogP contribution in [0.5, 0.6) is 0 Å². The van der Waals surface area contributed by atoms with E-state index in [2.05, 4.69) is 14.4 Å². The number of aromatic nitrogens is 2. The largest absolute Gasteiger partial charge is 0.297 e. The molecule has 0 unspecified atom stereocenters. The Balaban J connectivity index is 1.66. The molecule has 0 aliphatic rings. The Hall–Kier alpha value is -2.89. The van der Waals surface area contributed by atoms with Crippen LogP contribution in [0.25, 0.3) is 16.2 Å². The maximum Gasteiger partial charge on any atom is 0.262 e. The number of sulfonamides is 2. The second kappa shape index (κ2) is 7.91. The van der Waals surface area contributed by atoms with Gasteiger partial charge in [-0.3, -0.25) is 13.8 Å². The number of hydrogen-bond donors (Lipinski definition) is 2. The Morgan fingerprint density at radius 2 is 1.66 bits per heavy atom. The van der Waals surface area contributed by atoms with Gasteiger partial charge in [0, 0.05) is 29.0 Å². The summed E-state index contributed by atoms with van der Waals surface area (Å²) >= 11 is 1.54. The highest BCUT2D eigenvalue weighted by Crippen LogP contribution is 2.32. The lowest BCUT2D eigenvalue weighted by atomic mass is 10.1. The zero-order valence-electron chi connectivity index (χ0n) is 17.9. The second-order valence-electron chi connectivity index (χ2n) is 7.62. The molecule has 0 radical (unpaired) electrons. The summed E-state index contributed by atoms with van der Waals surface area (Å²) in [5.74, 6) is 0. The minimum absolute atomic E-state index is 0.0488. The molecule has 0 saturated heterocycles. The summed E-state index contributed by atoms with van der Waals surface area (Å²) in [4.78, 5) is 5.48. The first-order valence-corrected chi connectivity index (χ1v) is 13.8. The third kappa shape index (κ3) is 4.36. The Morgan fingerprint density at radius 1 is 0.969 bits per heavy atom. The Labute approximate surface area is 191 Å².